The summed E-state index contributed by atoms with van der Waals surface area (Å²) in [6, 6.07) is 18.8. The number of hydrogen-bond acceptors (Lipinski definition) is 5. The van der Waals surface area contributed by atoms with E-state index in [9.17, 15) is 14.4 Å². The van der Waals surface area contributed by atoms with Gasteiger partial charge in [0.05, 0.1) is 24.6 Å². The highest BCUT2D eigenvalue weighted by Gasteiger charge is 2.27. The summed E-state index contributed by atoms with van der Waals surface area (Å²) < 4.78 is 11.3. The molecule has 0 unspecified atom stereocenters. The van der Waals surface area contributed by atoms with Crippen LogP contribution in [0.3, 0.4) is 0 Å². The Morgan fingerprint density at radius 1 is 0.943 bits per heavy atom. The standard InChI is InChI=1S/C27H27N3O5/c1-3-15-35-23-14-11-19(16-24(23)34-4-2)26(32)28-20-12-9-18(10-13-20)27(33)30-17-25(31)29-21-7-5-6-8-22(21)30/h5-14,16H,3-4,15,17H2,1-2H3,(H,28,32)(H,29,31). The highest BCUT2D eigenvalue weighted by molar-refractivity contribution is 6.15. The van der Waals surface area contributed by atoms with Crippen LogP contribution in [0.25, 0.3) is 0 Å². The molecule has 35 heavy (non-hydrogen) atoms. The maximum Gasteiger partial charge on any atom is 0.258 e. The van der Waals surface area contributed by atoms with E-state index in [4.69, 9.17) is 9.47 Å². The number of nitrogens with zero attached hydrogens (tertiary/aromatic N) is 1. The summed E-state index contributed by atoms with van der Waals surface area (Å²) in [4.78, 5) is 39.4. The zero-order valence-electron chi connectivity index (χ0n) is 19.7. The van der Waals surface area contributed by atoms with Crippen molar-refractivity contribution in [1.29, 1.82) is 0 Å². The van der Waals surface area contributed by atoms with Crippen LogP contribution in [0.15, 0.2) is 66.7 Å². The number of fused-ring (bicyclic) bond motifs is 1. The molecule has 4 rings (SSSR count). The molecule has 3 aromatic rings. The first kappa shape index (κ1) is 23.8. The van der Waals surface area contributed by atoms with E-state index >= 15 is 0 Å². The van der Waals surface area contributed by atoms with Crippen molar-refractivity contribution in [3.63, 3.8) is 0 Å². The highest BCUT2D eigenvalue weighted by Crippen LogP contribution is 2.31. The van der Waals surface area contributed by atoms with E-state index in [0.29, 0.717) is 52.9 Å². The lowest BCUT2D eigenvalue weighted by Gasteiger charge is -2.29. The zero-order chi connectivity index (χ0) is 24.8. The molecular weight excluding hydrogens is 446 g/mol. The van der Waals surface area contributed by atoms with E-state index in [2.05, 4.69) is 10.6 Å². The number of anilines is 3. The van der Waals surface area contributed by atoms with Crippen molar-refractivity contribution in [3.05, 3.63) is 77.9 Å². The second-order valence-corrected chi connectivity index (χ2v) is 7.93. The first-order valence-electron chi connectivity index (χ1n) is 11.5. The molecule has 0 bridgehead atoms. The van der Waals surface area contributed by atoms with Gasteiger partial charge in [0.15, 0.2) is 11.5 Å². The largest absolute Gasteiger partial charge is 0.490 e. The summed E-state index contributed by atoms with van der Waals surface area (Å²) in [5.41, 5.74) is 2.61. The van der Waals surface area contributed by atoms with Crippen LogP contribution < -0.4 is 25.0 Å². The zero-order valence-corrected chi connectivity index (χ0v) is 19.7. The summed E-state index contributed by atoms with van der Waals surface area (Å²) >= 11 is 0. The number of carbonyl (C=O) groups is 3. The van der Waals surface area contributed by atoms with Crippen molar-refractivity contribution in [3.8, 4) is 11.5 Å². The molecule has 0 spiro atoms. The molecule has 2 N–H and O–H groups in total. The minimum atomic E-state index is -0.311. The summed E-state index contributed by atoms with van der Waals surface area (Å²) in [6.45, 7) is 4.84. The first-order chi connectivity index (χ1) is 17.0. The van der Waals surface area contributed by atoms with Crippen molar-refractivity contribution in [2.75, 3.05) is 35.3 Å². The SMILES string of the molecule is CCCOc1ccc(C(=O)Nc2ccc(C(=O)N3CC(=O)Nc4ccccc43)cc2)cc1OCC. The predicted molar refractivity (Wildman–Crippen MR) is 135 cm³/mol. The van der Waals surface area contributed by atoms with Crippen molar-refractivity contribution in [2.24, 2.45) is 0 Å². The maximum absolute atomic E-state index is 13.1. The molecule has 8 heteroatoms. The molecule has 1 aliphatic heterocycles. The summed E-state index contributed by atoms with van der Waals surface area (Å²) in [7, 11) is 0. The first-order valence-corrected chi connectivity index (χ1v) is 11.5. The monoisotopic (exact) mass is 473 g/mol. The molecule has 0 atom stereocenters. The van der Waals surface area contributed by atoms with Crippen LogP contribution in [0.2, 0.25) is 0 Å². The van der Waals surface area contributed by atoms with Gasteiger partial charge in [-0.2, -0.15) is 0 Å². The van der Waals surface area contributed by atoms with Crippen molar-refractivity contribution < 1.29 is 23.9 Å². The van der Waals surface area contributed by atoms with Crippen LogP contribution in [0.5, 0.6) is 11.5 Å². The van der Waals surface area contributed by atoms with Crippen LogP contribution >= 0.6 is 0 Å². The fourth-order valence-electron chi connectivity index (χ4n) is 3.72. The summed E-state index contributed by atoms with van der Waals surface area (Å²) in [5, 5.41) is 5.60. The number of para-hydroxylation sites is 2. The smallest absolute Gasteiger partial charge is 0.258 e. The van der Waals surface area contributed by atoms with Gasteiger partial charge in [-0.1, -0.05) is 19.1 Å². The van der Waals surface area contributed by atoms with E-state index < -0.39 is 0 Å². The summed E-state index contributed by atoms with van der Waals surface area (Å²) in [5.74, 6) is 0.253. The van der Waals surface area contributed by atoms with Crippen LogP contribution in [0.1, 0.15) is 41.0 Å². The summed E-state index contributed by atoms with van der Waals surface area (Å²) in [6.07, 6.45) is 0.865. The molecule has 0 aromatic heterocycles. The fraction of sp³-hybridized carbons (Fsp3) is 0.222. The highest BCUT2D eigenvalue weighted by atomic mass is 16.5. The number of amides is 3. The molecule has 0 saturated heterocycles. The quantitative estimate of drug-likeness (QED) is 0.493. The molecular formula is C27H27N3O5. The molecule has 1 aliphatic rings. The fourth-order valence-corrected chi connectivity index (χ4v) is 3.72. The number of nitrogens with one attached hydrogen (secondary N) is 2. The Morgan fingerprint density at radius 3 is 2.43 bits per heavy atom. The Kier molecular flexibility index (Phi) is 7.30. The van der Waals surface area contributed by atoms with E-state index in [0.717, 1.165) is 6.42 Å². The molecule has 0 radical (unpaired) electrons. The Balaban J connectivity index is 1.47. The van der Waals surface area contributed by atoms with Crippen LogP contribution in [-0.4, -0.2) is 37.5 Å². The lowest BCUT2D eigenvalue weighted by atomic mass is 10.1. The molecule has 3 amide bonds. The maximum atomic E-state index is 13.1. The van der Waals surface area contributed by atoms with Crippen molar-refractivity contribution in [1.82, 2.24) is 0 Å². The second-order valence-electron chi connectivity index (χ2n) is 7.93. The number of ether oxygens (including phenoxy) is 2. The van der Waals surface area contributed by atoms with Gasteiger partial charge >= 0.3 is 0 Å². The third-order valence-corrected chi connectivity index (χ3v) is 5.37. The van der Waals surface area contributed by atoms with Crippen LogP contribution in [0, 0.1) is 0 Å². The Bertz CT molecular complexity index is 1240. The van der Waals surface area contributed by atoms with Crippen LogP contribution in [-0.2, 0) is 4.79 Å². The molecule has 0 saturated carbocycles. The molecule has 3 aromatic carbocycles. The average molecular weight is 474 g/mol. The topological polar surface area (TPSA) is 97.0 Å². The second kappa shape index (κ2) is 10.7. The van der Waals surface area contributed by atoms with Gasteiger partial charge in [0.25, 0.3) is 11.8 Å². The Morgan fingerprint density at radius 2 is 1.69 bits per heavy atom. The molecule has 180 valence electrons. The van der Waals surface area contributed by atoms with Crippen molar-refractivity contribution in [2.45, 2.75) is 20.3 Å². The molecule has 1 heterocycles. The van der Waals surface area contributed by atoms with Gasteiger partial charge in [-0.05, 0) is 67.9 Å². The molecule has 0 aliphatic carbocycles. The Labute approximate surface area is 203 Å². The molecule has 8 nitrogen and oxygen atoms in total. The average Bonchev–Trinajstić information content (AvgIpc) is 2.87. The van der Waals surface area contributed by atoms with E-state index in [1.807, 2.05) is 19.9 Å². The molecule has 0 fully saturated rings. The number of hydrogen-bond donors (Lipinski definition) is 2. The minimum absolute atomic E-state index is 0.0610. The van der Waals surface area contributed by atoms with Gasteiger partial charge in [0.2, 0.25) is 5.91 Å². The van der Waals surface area contributed by atoms with E-state index in [-0.39, 0.29) is 24.3 Å². The Hall–Kier alpha value is -4.33. The number of carbonyl (C=O) groups excluding carboxylic acids is 3. The lowest BCUT2D eigenvalue weighted by Crippen LogP contribution is -2.42. The van der Waals surface area contributed by atoms with Gasteiger partial charge < -0.3 is 20.1 Å². The third kappa shape index (κ3) is 5.43. The third-order valence-electron chi connectivity index (χ3n) is 5.37. The van der Waals surface area contributed by atoms with E-state index in [1.54, 1.807) is 60.7 Å². The number of rotatable bonds is 8. The van der Waals surface area contributed by atoms with Gasteiger partial charge in [-0.25, -0.2) is 0 Å². The van der Waals surface area contributed by atoms with Gasteiger partial charge in [-0.15, -0.1) is 0 Å². The van der Waals surface area contributed by atoms with Gasteiger partial charge in [-0.3, -0.25) is 19.3 Å². The lowest BCUT2D eigenvalue weighted by molar-refractivity contribution is -0.115. The predicted octanol–water partition coefficient (Wildman–Crippen LogP) is 4.73. The van der Waals surface area contributed by atoms with Crippen LogP contribution in [0.4, 0.5) is 17.1 Å². The van der Waals surface area contributed by atoms with E-state index in [1.165, 1.54) is 4.90 Å². The van der Waals surface area contributed by atoms with Crippen molar-refractivity contribution >= 4 is 34.8 Å². The number of benzene rings is 3. The normalized spacial score (nSPS) is 12.4. The van der Waals surface area contributed by atoms with Gasteiger partial charge in [0.1, 0.15) is 6.54 Å². The van der Waals surface area contributed by atoms with Gasteiger partial charge in [0, 0.05) is 16.8 Å². The minimum Gasteiger partial charge on any atom is -0.490 e.